The molecule has 9 nitrogen and oxygen atoms in total. The van der Waals surface area contributed by atoms with Gasteiger partial charge in [-0.2, -0.15) is 0 Å². The van der Waals surface area contributed by atoms with Gasteiger partial charge in [-0.15, -0.1) is 0 Å². The maximum atomic E-state index is 13.2. The SMILES string of the molecule is CCCN(CC(=O)NC(Cc1ccccc1)C(=O)NCC=O)C(=O)C(Cc1cccc(O)c1)NC. The topological polar surface area (TPSA) is 128 Å². The number of likely N-dealkylation sites (N-methyl/N-ethyl adjacent to an activating group) is 1. The molecule has 2 aromatic rings. The molecule has 9 heteroatoms. The van der Waals surface area contributed by atoms with Gasteiger partial charge in [-0.25, -0.2) is 0 Å². The number of aromatic hydroxyl groups is 1. The van der Waals surface area contributed by atoms with E-state index in [0.717, 1.165) is 11.1 Å². The van der Waals surface area contributed by atoms with Crippen LogP contribution in [0.2, 0.25) is 0 Å². The van der Waals surface area contributed by atoms with Crippen LogP contribution in [0.5, 0.6) is 5.75 Å². The summed E-state index contributed by atoms with van der Waals surface area (Å²) in [6, 6.07) is 14.4. The molecule has 0 saturated heterocycles. The molecule has 2 rings (SSSR count). The molecule has 3 amide bonds. The van der Waals surface area contributed by atoms with E-state index in [2.05, 4.69) is 16.0 Å². The van der Waals surface area contributed by atoms with Crippen LogP contribution >= 0.6 is 0 Å². The van der Waals surface area contributed by atoms with Crippen LogP contribution in [0.25, 0.3) is 0 Å². The largest absolute Gasteiger partial charge is 0.508 e. The molecule has 0 aromatic heterocycles. The van der Waals surface area contributed by atoms with Gasteiger partial charge in [0.1, 0.15) is 18.1 Å². The first kappa shape index (κ1) is 27.5. The molecule has 0 aliphatic carbocycles. The van der Waals surface area contributed by atoms with Gasteiger partial charge in [-0.3, -0.25) is 14.4 Å². The summed E-state index contributed by atoms with van der Waals surface area (Å²) in [5.74, 6) is -1.08. The molecule has 0 radical (unpaired) electrons. The summed E-state index contributed by atoms with van der Waals surface area (Å²) in [5, 5.41) is 17.9. The molecule has 0 saturated carbocycles. The van der Waals surface area contributed by atoms with Crippen molar-refractivity contribution in [2.75, 3.05) is 26.7 Å². The van der Waals surface area contributed by atoms with E-state index in [9.17, 15) is 24.3 Å². The molecular weight excluding hydrogens is 448 g/mol. The van der Waals surface area contributed by atoms with Crippen LogP contribution in [0.15, 0.2) is 54.6 Å². The fourth-order valence-electron chi connectivity index (χ4n) is 3.73. The summed E-state index contributed by atoms with van der Waals surface area (Å²) < 4.78 is 0. The maximum Gasteiger partial charge on any atom is 0.243 e. The third-order valence-corrected chi connectivity index (χ3v) is 5.43. The van der Waals surface area contributed by atoms with E-state index in [-0.39, 0.29) is 31.2 Å². The van der Waals surface area contributed by atoms with Crippen molar-refractivity contribution >= 4 is 24.0 Å². The quantitative estimate of drug-likeness (QED) is 0.295. The summed E-state index contributed by atoms with van der Waals surface area (Å²) in [7, 11) is 1.67. The van der Waals surface area contributed by atoms with Gasteiger partial charge in [-0.05, 0) is 43.1 Å². The van der Waals surface area contributed by atoms with Crippen molar-refractivity contribution in [2.45, 2.75) is 38.3 Å². The number of aldehydes is 1. The first-order valence-electron chi connectivity index (χ1n) is 11.7. The van der Waals surface area contributed by atoms with Crippen LogP contribution in [0, 0.1) is 0 Å². The number of phenolic OH excluding ortho intramolecular Hbond substituents is 1. The fraction of sp³-hybridized carbons (Fsp3) is 0.385. The first-order chi connectivity index (χ1) is 16.9. The standard InChI is InChI=1S/C26H34N4O5/c1-3-13-30(26(35)23(27-2)17-20-10-7-11-21(32)15-20)18-24(33)29-22(25(34)28-12-14-31)16-19-8-5-4-6-9-19/h4-11,14-15,22-23,27,32H,3,12-13,16-18H2,1-2H3,(H,28,34)(H,29,33). The predicted molar refractivity (Wildman–Crippen MR) is 133 cm³/mol. The molecule has 0 heterocycles. The number of phenols is 1. The van der Waals surface area contributed by atoms with Crippen LogP contribution in [0.4, 0.5) is 0 Å². The van der Waals surface area contributed by atoms with Gasteiger partial charge in [0.05, 0.1) is 19.1 Å². The van der Waals surface area contributed by atoms with E-state index in [1.54, 1.807) is 25.2 Å². The number of carbonyl (C=O) groups is 4. The second-order valence-electron chi connectivity index (χ2n) is 8.20. The van der Waals surface area contributed by atoms with E-state index in [1.807, 2.05) is 43.3 Å². The Hall–Kier alpha value is -3.72. The van der Waals surface area contributed by atoms with Crippen LogP contribution in [-0.2, 0) is 32.0 Å². The van der Waals surface area contributed by atoms with Gasteiger partial charge in [0.25, 0.3) is 0 Å². The highest BCUT2D eigenvalue weighted by atomic mass is 16.3. The lowest BCUT2D eigenvalue weighted by molar-refractivity contribution is -0.138. The molecule has 0 spiro atoms. The van der Waals surface area contributed by atoms with Crippen LogP contribution in [0.3, 0.4) is 0 Å². The molecule has 0 aliphatic heterocycles. The number of benzene rings is 2. The van der Waals surface area contributed by atoms with Crippen molar-refractivity contribution in [3.05, 3.63) is 65.7 Å². The van der Waals surface area contributed by atoms with E-state index in [0.29, 0.717) is 25.7 Å². The van der Waals surface area contributed by atoms with Crippen molar-refractivity contribution in [3.8, 4) is 5.75 Å². The average Bonchev–Trinajstić information content (AvgIpc) is 2.85. The summed E-state index contributed by atoms with van der Waals surface area (Å²) in [6.45, 7) is 1.91. The zero-order valence-corrected chi connectivity index (χ0v) is 20.2. The van der Waals surface area contributed by atoms with E-state index in [1.165, 1.54) is 4.90 Å². The van der Waals surface area contributed by atoms with Crippen molar-refractivity contribution in [1.82, 2.24) is 20.9 Å². The normalized spacial score (nSPS) is 12.3. The Bertz CT molecular complexity index is 983. The number of nitrogens with one attached hydrogen (secondary N) is 3. The second-order valence-corrected chi connectivity index (χ2v) is 8.20. The van der Waals surface area contributed by atoms with E-state index >= 15 is 0 Å². The predicted octanol–water partition coefficient (Wildman–Crippen LogP) is 0.804. The molecule has 4 N–H and O–H groups in total. The highest BCUT2D eigenvalue weighted by molar-refractivity contribution is 5.91. The summed E-state index contributed by atoms with van der Waals surface area (Å²) in [5.41, 5.74) is 1.63. The molecular formula is C26H34N4O5. The third-order valence-electron chi connectivity index (χ3n) is 5.43. The highest BCUT2D eigenvalue weighted by Crippen LogP contribution is 2.14. The zero-order valence-electron chi connectivity index (χ0n) is 20.2. The molecule has 2 atom stereocenters. The second kappa shape index (κ2) is 14.5. The van der Waals surface area contributed by atoms with Crippen molar-refractivity contribution in [1.29, 1.82) is 0 Å². The number of hydrogen-bond acceptors (Lipinski definition) is 6. The van der Waals surface area contributed by atoms with Crippen LogP contribution in [0.1, 0.15) is 24.5 Å². The number of carbonyl (C=O) groups excluding carboxylic acids is 4. The van der Waals surface area contributed by atoms with Gasteiger partial charge in [0, 0.05) is 13.0 Å². The Morgan fingerprint density at radius 2 is 1.69 bits per heavy atom. The Labute approximate surface area is 205 Å². The molecule has 0 bridgehead atoms. The molecule has 0 fully saturated rings. The Morgan fingerprint density at radius 1 is 1.00 bits per heavy atom. The minimum Gasteiger partial charge on any atom is -0.508 e. The summed E-state index contributed by atoms with van der Waals surface area (Å²) >= 11 is 0. The number of rotatable bonds is 14. The Kier molecular flexibility index (Phi) is 11.4. The summed E-state index contributed by atoms with van der Waals surface area (Å²) in [6.07, 6.45) is 1.81. The van der Waals surface area contributed by atoms with Crippen LogP contribution in [-0.4, -0.2) is 72.8 Å². The van der Waals surface area contributed by atoms with Crippen molar-refractivity contribution < 1.29 is 24.3 Å². The number of nitrogens with zero attached hydrogens (tertiary/aromatic N) is 1. The van der Waals surface area contributed by atoms with Gasteiger partial charge in [0.15, 0.2) is 0 Å². The fourth-order valence-corrected chi connectivity index (χ4v) is 3.73. The Balaban J connectivity index is 2.10. The van der Waals surface area contributed by atoms with Gasteiger partial charge in [-0.1, -0.05) is 49.4 Å². The van der Waals surface area contributed by atoms with Crippen molar-refractivity contribution in [2.24, 2.45) is 0 Å². The van der Waals surface area contributed by atoms with Gasteiger partial charge in [0.2, 0.25) is 17.7 Å². The molecule has 188 valence electrons. The zero-order chi connectivity index (χ0) is 25.6. The minimum absolute atomic E-state index is 0.118. The Morgan fingerprint density at radius 3 is 2.31 bits per heavy atom. The maximum absolute atomic E-state index is 13.2. The summed E-state index contributed by atoms with van der Waals surface area (Å²) in [4.78, 5) is 50.9. The smallest absolute Gasteiger partial charge is 0.243 e. The lowest BCUT2D eigenvalue weighted by Crippen LogP contribution is -2.53. The van der Waals surface area contributed by atoms with E-state index in [4.69, 9.17) is 0 Å². The van der Waals surface area contributed by atoms with Crippen molar-refractivity contribution in [3.63, 3.8) is 0 Å². The third kappa shape index (κ3) is 9.21. The number of amides is 3. The number of hydrogen-bond donors (Lipinski definition) is 4. The highest BCUT2D eigenvalue weighted by Gasteiger charge is 2.27. The molecule has 35 heavy (non-hydrogen) atoms. The molecule has 0 aliphatic rings. The van der Waals surface area contributed by atoms with Gasteiger partial charge < -0.3 is 30.8 Å². The first-order valence-corrected chi connectivity index (χ1v) is 11.7. The lowest BCUT2D eigenvalue weighted by Gasteiger charge is -2.27. The minimum atomic E-state index is -0.893. The average molecular weight is 483 g/mol. The molecule has 2 unspecified atom stereocenters. The van der Waals surface area contributed by atoms with Crippen LogP contribution < -0.4 is 16.0 Å². The van der Waals surface area contributed by atoms with E-state index < -0.39 is 23.9 Å². The monoisotopic (exact) mass is 482 g/mol. The lowest BCUT2D eigenvalue weighted by atomic mass is 10.0. The van der Waals surface area contributed by atoms with Gasteiger partial charge >= 0.3 is 0 Å². The molecule has 2 aromatic carbocycles.